The second-order valence-corrected chi connectivity index (χ2v) is 3.01. The minimum absolute atomic E-state index is 0.0671. The monoisotopic (exact) mass is 238 g/mol. The molecular weight excluding hydrogens is 232 g/mol. The van der Waals surface area contributed by atoms with Crippen molar-refractivity contribution in [1.82, 2.24) is 0 Å². The first-order valence-corrected chi connectivity index (χ1v) is 4.62. The summed E-state index contributed by atoms with van der Waals surface area (Å²) in [6, 6.07) is 5.81. The molecule has 3 N–H and O–H groups in total. The molecule has 0 aliphatic carbocycles. The summed E-state index contributed by atoms with van der Waals surface area (Å²) in [5.74, 6) is -1.31. The third-order valence-electron chi connectivity index (χ3n) is 1.13. The highest BCUT2D eigenvalue weighted by Gasteiger charge is 2.05. The summed E-state index contributed by atoms with van der Waals surface area (Å²) in [4.78, 5) is 10.3. The molecule has 0 bridgehead atoms. The minimum atomic E-state index is -4.69. The van der Waals surface area contributed by atoms with Crippen LogP contribution in [0.1, 0.15) is 10.4 Å². The Kier molecular flexibility index (Phi) is 4.98. The molecule has 1 rings (SSSR count). The third kappa shape index (κ3) is 7.67. The van der Waals surface area contributed by atoms with Gasteiger partial charge in [-0.05, 0) is 12.1 Å². The summed E-state index contributed by atoms with van der Waals surface area (Å²) in [5, 5.41) is 17.3. The molecule has 0 unspecified atom stereocenters. The number of aromatic hydroxyl groups is 1. The summed E-state index contributed by atoms with van der Waals surface area (Å²) in [6.07, 6.45) is 0. The van der Waals surface area contributed by atoms with Gasteiger partial charge in [-0.15, -0.1) is 0 Å². The van der Waals surface area contributed by atoms with Crippen molar-refractivity contribution >= 4 is 5.97 Å². The first-order valence-electron chi connectivity index (χ1n) is 3.36. The quantitative estimate of drug-likeness (QED) is 0.471. The highest BCUT2D eigenvalue weighted by molar-refractivity contribution is 5.90. The molecular formula is C7H7ClO7. The Bertz CT molecular complexity index is 326. The summed E-state index contributed by atoms with van der Waals surface area (Å²) >= 11 is 0. The smallest absolute Gasteiger partial charge is 0.339 e. The van der Waals surface area contributed by atoms with E-state index in [2.05, 4.69) is 0 Å². The normalized spacial score (nSPS) is 10.1. The predicted octanol–water partition coefficient (Wildman–Crippen LogP) is -3.03. The lowest BCUT2D eigenvalue weighted by Crippen LogP contribution is -2.58. The molecule has 0 aromatic heterocycles. The molecule has 1 aromatic rings. The van der Waals surface area contributed by atoms with Crippen LogP contribution in [0.25, 0.3) is 0 Å². The zero-order valence-corrected chi connectivity index (χ0v) is 7.92. The van der Waals surface area contributed by atoms with Crippen LogP contribution in [-0.2, 0) is 0 Å². The van der Waals surface area contributed by atoms with Crippen LogP contribution in [0, 0.1) is 10.2 Å². The van der Waals surface area contributed by atoms with E-state index < -0.39 is 16.2 Å². The summed E-state index contributed by atoms with van der Waals surface area (Å²) < 4.78 is 32.7. The van der Waals surface area contributed by atoms with Gasteiger partial charge >= 0.3 is 5.97 Å². The lowest BCUT2D eigenvalue weighted by atomic mass is 10.2. The van der Waals surface area contributed by atoms with Crippen molar-refractivity contribution in [3.8, 4) is 5.75 Å². The van der Waals surface area contributed by atoms with Gasteiger partial charge in [-0.2, -0.15) is 14.0 Å². The largest absolute Gasteiger partial charge is 0.507 e. The molecule has 0 atom stereocenters. The molecule has 8 heteroatoms. The third-order valence-corrected chi connectivity index (χ3v) is 1.13. The second-order valence-electron chi connectivity index (χ2n) is 2.22. The zero-order chi connectivity index (χ0) is 12.1. The van der Waals surface area contributed by atoms with Gasteiger partial charge in [-0.1, -0.05) is 12.1 Å². The number of halogens is 1. The first-order chi connectivity index (χ1) is 6.72. The van der Waals surface area contributed by atoms with E-state index in [-0.39, 0.29) is 11.3 Å². The molecule has 0 radical (unpaired) electrons. The second kappa shape index (κ2) is 5.49. The maximum absolute atomic E-state index is 10.3. The Balaban J connectivity index is 0.000000336. The lowest BCUT2D eigenvalue weighted by molar-refractivity contribution is -1.92. The molecule has 0 aliphatic rings. The molecule has 0 saturated carbocycles. The Hall–Kier alpha value is -1.38. The minimum Gasteiger partial charge on any atom is -0.507 e. The number of para-hydroxylation sites is 1. The number of carboxylic acid groups (broad SMARTS) is 1. The number of phenols is 1. The fourth-order valence-electron chi connectivity index (χ4n) is 0.654. The maximum Gasteiger partial charge on any atom is 0.339 e. The fourth-order valence-corrected chi connectivity index (χ4v) is 0.654. The number of benzene rings is 1. The van der Waals surface area contributed by atoms with Gasteiger partial charge in [0.25, 0.3) is 0 Å². The summed E-state index contributed by atoms with van der Waals surface area (Å²) in [5.41, 5.74) is -0.0671. The highest BCUT2D eigenvalue weighted by atomic mass is 35.7. The standard InChI is InChI=1S/C7H6O3.ClHO4/c8-6-4-2-1-3-5(6)7(9)10;2-1(3,4)5/h1-4,8H,(H,9,10);(H,2,3,4,5). The Morgan fingerprint density at radius 1 is 1.20 bits per heavy atom. The first kappa shape index (κ1) is 13.6. The zero-order valence-electron chi connectivity index (χ0n) is 7.16. The van der Waals surface area contributed by atoms with Crippen molar-refractivity contribution in [2.24, 2.45) is 0 Å². The predicted molar refractivity (Wildman–Crippen MR) is 37.3 cm³/mol. The molecule has 0 saturated heterocycles. The SMILES string of the molecule is O=C(O)c1ccccc1O.[O-][Cl+3]([O-])([O-])O. The van der Waals surface area contributed by atoms with E-state index in [1.165, 1.54) is 12.1 Å². The maximum atomic E-state index is 10.3. The van der Waals surface area contributed by atoms with E-state index in [4.69, 9.17) is 28.8 Å². The van der Waals surface area contributed by atoms with E-state index in [0.717, 1.165) is 0 Å². The van der Waals surface area contributed by atoms with E-state index in [0.29, 0.717) is 0 Å². The number of hydrogen-bond acceptors (Lipinski definition) is 6. The number of carbonyl (C=O) groups is 1. The molecule has 84 valence electrons. The van der Waals surface area contributed by atoms with E-state index in [9.17, 15) is 4.79 Å². The molecule has 0 heterocycles. The van der Waals surface area contributed by atoms with Gasteiger partial charge in [0.1, 0.15) is 11.3 Å². The Morgan fingerprint density at radius 2 is 1.60 bits per heavy atom. The van der Waals surface area contributed by atoms with Crippen LogP contribution < -0.4 is 14.0 Å². The van der Waals surface area contributed by atoms with Crippen LogP contribution in [0.4, 0.5) is 0 Å². The van der Waals surface area contributed by atoms with Crippen LogP contribution in [0.5, 0.6) is 5.75 Å². The molecule has 0 spiro atoms. The average molecular weight is 239 g/mol. The van der Waals surface area contributed by atoms with Crippen molar-refractivity contribution in [2.75, 3.05) is 0 Å². The Morgan fingerprint density at radius 3 is 1.87 bits per heavy atom. The number of hydrogen-bond donors (Lipinski definition) is 3. The van der Waals surface area contributed by atoms with Gasteiger partial charge in [0, 0.05) is 0 Å². The molecule has 15 heavy (non-hydrogen) atoms. The summed E-state index contributed by atoms with van der Waals surface area (Å²) in [7, 11) is -4.69. The van der Waals surface area contributed by atoms with Crippen molar-refractivity contribution < 1.29 is 43.9 Å². The number of aromatic carboxylic acids is 1. The molecule has 0 amide bonds. The van der Waals surface area contributed by atoms with Crippen molar-refractivity contribution in [2.45, 2.75) is 0 Å². The van der Waals surface area contributed by atoms with E-state index in [1.807, 2.05) is 0 Å². The van der Waals surface area contributed by atoms with Gasteiger partial charge in [0.2, 0.25) is 0 Å². The van der Waals surface area contributed by atoms with Crippen molar-refractivity contribution in [3.63, 3.8) is 0 Å². The topological polar surface area (TPSA) is 147 Å². The molecule has 1 aromatic carbocycles. The fraction of sp³-hybridized carbons (Fsp3) is 0. The lowest BCUT2D eigenvalue weighted by Gasteiger charge is -2.03. The van der Waals surface area contributed by atoms with Crippen molar-refractivity contribution in [1.29, 1.82) is 0 Å². The van der Waals surface area contributed by atoms with Crippen LogP contribution in [0.15, 0.2) is 24.3 Å². The highest BCUT2D eigenvalue weighted by Crippen LogP contribution is 2.14. The molecule has 0 fully saturated rings. The van der Waals surface area contributed by atoms with Crippen LogP contribution in [0.3, 0.4) is 0 Å². The summed E-state index contributed by atoms with van der Waals surface area (Å²) in [6.45, 7) is 0. The molecule has 0 aliphatic heterocycles. The molecule has 7 nitrogen and oxygen atoms in total. The van der Waals surface area contributed by atoms with Gasteiger partial charge in [0.15, 0.2) is 0 Å². The van der Waals surface area contributed by atoms with Gasteiger partial charge in [-0.3, -0.25) is 0 Å². The van der Waals surface area contributed by atoms with Crippen LogP contribution in [0.2, 0.25) is 0 Å². The average Bonchev–Trinajstić information content (AvgIpc) is 2.01. The van der Waals surface area contributed by atoms with Gasteiger partial charge in [-0.25, -0.2) is 4.79 Å². The van der Waals surface area contributed by atoms with Crippen LogP contribution >= 0.6 is 0 Å². The van der Waals surface area contributed by atoms with Gasteiger partial charge in [0.05, 0.1) is 14.9 Å². The van der Waals surface area contributed by atoms with Gasteiger partial charge < -0.3 is 10.2 Å². The van der Waals surface area contributed by atoms with E-state index in [1.54, 1.807) is 12.1 Å². The number of carboxylic acids is 1. The number of rotatable bonds is 1. The Labute approximate surface area is 86.2 Å². The van der Waals surface area contributed by atoms with Crippen molar-refractivity contribution in [3.05, 3.63) is 29.8 Å². The van der Waals surface area contributed by atoms with E-state index >= 15 is 0 Å². The van der Waals surface area contributed by atoms with Crippen LogP contribution in [-0.4, -0.2) is 20.8 Å².